The van der Waals surface area contributed by atoms with Crippen LogP contribution in [-0.4, -0.2) is 16.2 Å². The first kappa shape index (κ1) is 13.5. The van der Waals surface area contributed by atoms with Gasteiger partial charge in [0.25, 0.3) is 0 Å². The molecular weight excluding hydrogens is 218 g/mol. The molecule has 17 heavy (non-hydrogen) atoms. The van der Waals surface area contributed by atoms with E-state index in [4.69, 9.17) is 10.8 Å². The van der Waals surface area contributed by atoms with Gasteiger partial charge in [-0.15, -0.1) is 0 Å². The van der Waals surface area contributed by atoms with E-state index in [1.54, 1.807) is 12.1 Å². The molecule has 0 aliphatic heterocycles. The van der Waals surface area contributed by atoms with E-state index in [2.05, 4.69) is 0 Å². The summed E-state index contributed by atoms with van der Waals surface area (Å²) >= 11 is 0. The van der Waals surface area contributed by atoms with Gasteiger partial charge in [0.15, 0.2) is 0 Å². The van der Waals surface area contributed by atoms with Gasteiger partial charge in [-0.2, -0.15) is 0 Å². The minimum Gasteiger partial charge on any atom is -0.508 e. The number of phenols is 1. The molecule has 0 spiro atoms. The van der Waals surface area contributed by atoms with Gasteiger partial charge in [-0.05, 0) is 23.1 Å². The molecule has 1 aromatic rings. The SMILES string of the molecule is CC(C)(C)c1ccc(O)c(C(N)CC(=O)O)c1. The van der Waals surface area contributed by atoms with Crippen molar-refractivity contribution in [1.82, 2.24) is 0 Å². The molecule has 0 radical (unpaired) electrons. The molecule has 0 heterocycles. The zero-order valence-corrected chi connectivity index (χ0v) is 10.4. The molecule has 0 aliphatic rings. The number of hydrogen-bond acceptors (Lipinski definition) is 3. The van der Waals surface area contributed by atoms with Crippen molar-refractivity contribution in [3.05, 3.63) is 29.3 Å². The monoisotopic (exact) mass is 237 g/mol. The fourth-order valence-corrected chi connectivity index (χ4v) is 1.62. The topological polar surface area (TPSA) is 83.5 Å². The fourth-order valence-electron chi connectivity index (χ4n) is 1.62. The largest absolute Gasteiger partial charge is 0.508 e. The van der Waals surface area contributed by atoms with Crippen LogP contribution < -0.4 is 5.73 Å². The van der Waals surface area contributed by atoms with Crippen LogP contribution in [0.3, 0.4) is 0 Å². The lowest BCUT2D eigenvalue weighted by molar-refractivity contribution is -0.137. The van der Waals surface area contributed by atoms with Crippen molar-refractivity contribution >= 4 is 5.97 Å². The Bertz CT molecular complexity index is 421. The number of hydrogen-bond donors (Lipinski definition) is 3. The maximum Gasteiger partial charge on any atom is 0.305 e. The van der Waals surface area contributed by atoms with Gasteiger partial charge in [-0.3, -0.25) is 4.79 Å². The number of benzene rings is 1. The van der Waals surface area contributed by atoms with Crippen LogP contribution in [0.15, 0.2) is 18.2 Å². The Hall–Kier alpha value is -1.55. The first-order valence-corrected chi connectivity index (χ1v) is 5.52. The Labute approximate surface area is 101 Å². The van der Waals surface area contributed by atoms with Crippen LogP contribution in [-0.2, 0) is 10.2 Å². The number of aromatic hydroxyl groups is 1. The van der Waals surface area contributed by atoms with Gasteiger partial charge in [0, 0.05) is 11.6 Å². The first-order valence-electron chi connectivity index (χ1n) is 5.52. The van der Waals surface area contributed by atoms with Gasteiger partial charge in [-0.1, -0.05) is 26.8 Å². The number of rotatable bonds is 3. The average Bonchev–Trinajstić information content (AvgIpc) is 2.15. The quantitative estimate of drug-likeness (QED) is 0.752. The minimum absolute atomic E-state index is 0.0479. The molecule has 1 aromatic carbocycles. The van der Waals surface area contributed by atoms with Crippen molar-refractivity contribution in [2.75, 3.05) is 0 Å². The second-order valence-electron chi connectivity index (χ2n) is 5.23. The van der Waals surface area contributed by atoms with Crippen LogP contribution in [0.25, 0.3) is 0 Å². The average molecular weight is 237 g/mol. The Kier molecular flexibility index (Phi) is 3.78. The number of carboxylic acids is 1. The summed E-state index contributed by atoms with van der Waals surface area (Å²) in [4.78, 5) is 10.6. The predicted molar refractivity (Wildman–Crippen MR) is 66.0 cm³/mol. The van der Waals surface area contributed by atoms with Crippen LogP contribution in [0, 0.1) is 0 Å². The molecule has 4 N–H and O–H groups in total. The Morgan fingerprint density at radius 3 is 2.47 bits per heavy atom. The van der Waals surface area contributed by atoms with E-state index in [0.717, 1.165) is 5.56 Å². The van der Waals surface area contributed by atoms with E-state index in [0.29, 0.717) is 5.56 Å². The summed E-state index contributed by atoms with van der Waals surface area (Å²) in [6.07, 6.45) is -0.193. The molecule has 4 heteroatoms. The van der Waals surface area contributed by atoms with Crippen LogP contribution in [0.1, 0.15) is 44.4 Å². The van der Waals surface area contributed by atoms with Crippen molar-refractivity contribution in [2.24, 2.45) is 5.73 Å². The fraction of sp³-hybridized carbons (Fsp3) is 0.462. The molecular formula is C13H19NO3. The summed E-state index contributed by atoms with van der Waals surface area (Å²) in [5.74, 6) is -0.926. The lowest BCUT2D eigenvalue weighted by Gasteiger charge is -2.21. The van der Waals surface area contributed by atoms with E-state index >= 15 is 0 Å². The van der Waals surface area contributed by atoms with Gasteiger partial charge < -0.3 is 15.9 Å². The molecule has 94 valence electrons. The molecule has 1 rings (SSSR count). The molecule has 0 saturated heterocycles. The Morgan fingerprint density at radius 2 is 2.00 bits per heavy atom. The third-order valence-corrected chi connectivity index (χ3v) is 2.69. The molecule has 1 atom stereocenters. The number of phenolic OH excluding ortho intramolecular Hbond substituents is 1. The molecule has 1 unspecified atom stereocenters. The summed E-state index contributed by atoms with van der Waals surface area (Å²) in [5.41, 5.74) is 7.21. The maximum absolute atomic E-state index is 10.6. The van der Waals surface area contributed by atoms with Crippen LogP contribution >= 0.6 is 0 Å². The molecule has 0 aliphatic carbocycles. The highest BCUT2D eigenvalue weighted by Gasteiger charge is 2.19. The summed E-state index contributed by atoms with van der Waals surface area (Å²) in [6.45, 7) is 6.14. The third kappa shape index (κ3) is 3.46. The first-order chi connectivity index (χ1) is 7.71. The van der Waals surface area contributed by atoms with Crippen LogP contribution in [0.4, 0.5) is 0 Å². The molecule has 0 fully saturated rings. The van der Waals surface area contributed by atoms with Crippen molar-refractivity contribution in [2.45, 2.75) is 38.6 Å². The van der Waals surface area contributed by atoms with Crippen molar-refractivity contribution < 1.29 is 15.0 Å². The van der Waals surface area contributed by atoms with E-state index in [9.17, 15) is 9.90 Å². The van der Waals surface area contributed by atoms with Gasteiger partial charge >= 0.3 is 5.97 Å². The van der Waals surface area contributed by atoms with Crippen LogP contribution in [0.2, 0.25) is 0 Å². The van der Waals surface area contributed by atoms with Crippen LogP contribution in [0.5, 0.6) is 5.75 Å². The highest BCUT2D eigenvalue weighted by Crippen LogP contribution is 2.31. The number of carboxylic acid groups (broad SMARTS) is 1. The number of carbonyl (C=O) groups is 1. The minimum atomic E-state index is -0.974. The Balaban J connectivity index is 3.10. The van der Waals surface area contributed by atoms with Gasteiger partial charge in [0.1, 0.15) is 5.75 Å². The predicted octanol–water partition coefficient (Wildman–Crippen LogP) is 2.16. The van der Waals surface area contributed by atoms with Crippen molar-refractivity contribution in [3.8, 4) is 5.75 Å². The Morgan fingerprint density at radius 1 is 1.41 bits per heavy atom. The summed E-state index contributed by atoms with van der Waals surface area (Å²) < 4.78 is 0. The smallest absolute Gasteiger partial charge is 0.305 e. The highest BCUT2D eigenvalue weighted by atomic mass is 16.4. The number of nitrogens with two attached hydrogens (primary N) is 1. The lowest BCUT2D eigenvalue weighted by atomic mass is 9.85. The molecule has 0 amide bonds. The summed E-state index contributed by atoms with van der Waals surface area (Å²) in [6, 6.07) is 4.49. The van der Waals surface area contributed by atoms with Crippen molar-refractivity contribution in [1.29, 1.82) is 0 Å². The second kappa shape index (κ2) is 4.75. The molecule has 4 nitrogen and oxygen atoms in total. The van der Waals surface area contributed by atoms with Gasteiger partial charge in [0.2, 0.25) is 0 Å². The molecule has 0 saturated carbocycles. The molecule has 0 bridgehead atoms. The maximum atomic E-state index is 10.6. The van der Waals surface area contributed by atoms with E-state index in [1.165, 1.54) is 0 Å². The normalized spacial score (nSPS) is 13.4. The van der Waals surface area contributed by atoms with Gasteiger partial charge in [-0.25, -0.2) is 0 Å². The van der Waals surface area contributed by atoms with Gasteiger partial charge in [0.05, 0.1) is 6.42 Å². The van der Waals surface area contributed by atoms with E-state index in [-0.39, 0.29) is 17.6 Å². The lowest BCUT2D eigenvalue weighted by Crippen LogP contribution is -2.17. The second-order valence-corrected chi connectivity index (χ2v) is 5.23. The standard InChI is InChI=1S/C13H19NO3/c1-13(2,3)8-4-5-11(15)9(6-8)10(14)7-12(16)17/h4-6,10,15H,7,14H2,1-3H3,(H,16,17). The summed E-state index contributed by atoms with van der Waals surface area (Å²) in [7, 11) is 0. The zero-order valence-electron chi connectivity index (χ0n) is 10.4. The number of aliphatic carboxylic acids is 1. The van der Waals surface area contributed by atoms with Crippen molar-refractivity contribution in [3.63, 3.8) is 0 Å². The molecule has 0 aromatic heterocycles. The van der Waals surface area contributed by atoms with E-state index < -0.39 is 12.0 Å². The van der Waals surface area contributed by atoms with E-state index in [1.807, 2.05) is 26.8 Å². The third-order valence-electron chi connectivity index (χ3n) is 2.69. The highest BCUT2D eigenvalue weighted by molar-refractivity contribution is 5.68. The summed E-state index contributed by atoms with van der Waals surface area (Å²) in [5, 5.41) is 18.4. The zero-order chi connectivity index (χ0) is 13.2.